The van der Waals surface area contributed by atoms with Crippen molar-refractivity contribution in [1.82, 2.24) is 0 Å². The summed E-state index contributed by atoms with van der Waals surface area (Å²) >= 11 is 0. The minimum absolute atomic E-state index is 0. The Morgan fingerprint density at radius 2 is 0.358 bits per heavy atom. The summed E-state index contributed by atoms with van der Waals surface area (Å²) in [7, 11) is -3.59. The molecule has 0 fully saturated rings. The largest absolute Gasteiger partial charge is 0.333 e. The molecule has 0 heterocycles. The summed E-state index contributed by atoms with van der Waals surface area (Å²) in [5.41, 5.74) is 0. The summed E-state index contributed by atoms with van der Waals surface area (Å²) < 4.78 is 51.9. The van der Waals surface area contributed by atoms with E-state index in [0.717, 1.165) is 57.8 Å². The van der Waals surface area contributed by atoms with Crippen LogP contribution in [0.25, 0.3) is 0 Å². The Hall–Kier alpha value is 0.893. The van der Waals surface area contributed by atoms with Gasteiger partial charge in [0.1, 0.15) is 13.6 Å². The first kappa shape index (κ1) is 65.7. The molecule has 9 unspecified atom stereocenters. The SMILES string of the molecule is C=O.C=O.CCC(C)OP(OC(C)CC)OC(C)CC.CCC(C)OP(OC(C)CC)OC(C)CC.CCC(C)OP(OC(C)CC)OC(C)CC.[Ru]. The predicted molar refractivity (Wildman–Crippen MR) is 223 cm³/mol. The summed E-state index contributed by atoms with van der Waals surface area (Å²) in [6, 6.07) is 0. The molecule has 15 heteroatoms. The third-order valence-corrected chi connectivity index (χ3v) is 12.4. The maximum atomic E-state index is 8.00. The number of hydrogen-bond acceptors (Lipinski definition) is 11. The van der Waals surface area contributed by atoms with Gasteiger partial charge in [0.05, 0.1) is 54.9 Å². The Morgan fingerprint density at radius 1 is 0.283 bits per heavy atom. The summed E-state index contributed by atoms with van der Waals surface area (Å²) in [6.45, 7) is 41.4. The second kappa shape index (κ2) is 47.3. The maximum absolute atomic E-state index is 8.00. The Kier molecular flexibility index (Phi) is 58.6. The monoisotopic (exact) mass is 912 g/mol. The molecule has 0 bridgehead atoms. The van der Waals surface area contributed by atoms with Crippen molar-refractivity contribution in [3.8, 4) is 0 Å². The zero-order valence-electron chi connectivity index (χ0n) is 37.2. The van der Waals surface area contributed by atoms with Gasteiger partial charge in [-0.1, -0.05) is 62.3 Å². The summed E-state index contributed by atoms with van der Waals surface area (Å²) in [5, 5.41) is 0. The van der Waals surface area contributed by atoms with Gasteiger partial charge in [-0.2, -0.15) is 0 Å². The number of carbonyl (C=O) groups is 2. The average Bonchev–Trinajstić information content (AvgIpc) is 3.15. The molecule has 53 heavy (non-hydrogen) atoms. The van der Waals surface area contributed by atoms with E-state index < -0.39 is 25.8 Å². The van der Waals surface area contributed by atoms with Crippen molar-refractivity contribution in [2.45, 2.75) is 237 Å². The second-order valence-electron chi connectivity index (χ2n) is 12.6. The van der Waals surface area contributed by atoms with Gasteiger partial charge in [0.2, 0.25) is 0 Å². The Labute approximate surface area is 345 Å². The fourth-order valence-corrected chi connectivity index (χ4v) is 6.65. The first-order valence-electron chi connectivity index (χ1n) is 19.6. The number of carbonyl (C=O) groups excluding carboxylic acids is 2. The van der Waals surface area contributed by atoms with Gasteiger partial charge in [0, 0.05) is 19.5 Å². The summed E-state index contributed by atoms with van der Waals surface area (Å²) in [6.07, 6.45) is 10.6. The molecule has 0 aromatic carbocycles. The molecule has 11 nitrogen and oxygen atoms in total. The molecular weight excluding hydrogens is 826 g/mol. The van der Waals surface area contributed by atoms with Crippen molar-refractivity contribution >= 4 is 39.4 Å². The maximum Gasteiger partial charge on any atom is 0.333 e. The Morgan fingerprint density at radius 3 is 0.415 bits per heavy atom. The molecule has 0 rings (SSSR count). The van der Waals surface area contributed by atoms with Gasteiger partial charge in [-0.15, -0.1) is 0 Å². The van der Waals surface area contributed by atoms with Crippen molar-refractivity contribution in [2.24, 2.45) is 0 Å². The quantitative estimate of drug-likeness (QED) is 0.0579. The minimum Gasteiger partial charge on any atom is -0.309 e. The van der Waals surface area contributed by atoms with Crippen LogP contribution in [0.2, 0.25) is 0 Å². The van der Waals surface area contributed by atoms with Crippen LogP contribution in [0, 0.1) is 0 Å². The predicted octanol–water partition coefficient (Wildman–Crippen LogP) is 13.6. The van der Waals surface area contributed by atoms with E-state index >= 15 is 0 Å². The smallest absolute Gasteiger partial charge is 0.309 e. The fourth-order valence-electron chi connectivity index (χ4n) is 2.22. The molecule has 0 saturated carbocycles. The first-order chi connectivity index (χ1) is 24.6. The molecule has 0 aliphatic rings. The van der Waals surface area contributed by atoms with Gasteiger partial charge >= 0.3 is 25.8 Å². The van der Waals surface area contributed by atoms with E-state index in [1.807, 2.05) is 13.6 Å². The third kappa shape index (κ3) is 45.5. The molecule has 0 N–H and O–H groups in total. The molecule has 0 aliphatic heterocycles. The van der Waals surface area contributed by atoms with Crippen LogP contribution in [-0.2, 0) is 69.8 Å². The average molecular weight is 912 g/mol. The molecule has 0 aliphatic carbocycles. The minimum atomic E-state index is -1.20. The molecule has 9 atom stereocenters. The van der Waals surface area contributed by atoms with Crippen molar-refractivity contribution < 1.29 is 69.8 Å². The number of hydrogen-bond donors (Lipinski definition) is 0. The van der Waals surface area contributed by atoms with E-state index in [1.54, 1.807) is 0 Å². The standard InChI is InChI=1S/3C12H27O3P.2CH2O.Ru/c3*1-7-10(4)13-16(14-11(5)8-2)15-12(6)9-3;2*1-2;/h3*10-12H,7-9H2,1-6H3;2*1H2;. The van der Waals surface area contributed by atoms with Crippen molar-refractivity contribution in [3.63, 3.8) is 0 Å². The molecule has 0 spiro atoms. The normalized spacial score (nSPS) is 17.5. The van der Waals surface area contributed by atoms with Crippen LogP contribution in [0.4, 0.5) is 0 Å². The van der Waals surface area contributed by atoms with Crippen LogP contribution in [0.1, 0.15) is 182 Å². The fraction of sp³-hybridized carbons (Fsp3) is 0.947. The van der Waals surface area contributed by atoms with Crippen LogP contribution in [0.5, 0.6) is 0 Å². The van der Waals surface area contributed by atoms with E-state index in [1.165, 1.54) is 0 Å². The van der Waals surface area contributed by atoms with Crippen LogP contribution in [-0.4, -0.2) is 68.5 Å². The molecule has 0 aromatic heterocycles. The molecule has 0 saturated heterocycles. The Bertz CT molecular complexity index is 539. The van der Waals surface area contributed by atoms with E-state index in [-0.39, 0.29) is 74.4 Å². The zero-order valence-corrected chi connectivity index (χ0v) is 41.6. The second-order valence-corrected chi connectivity index (χ2v) is 15.8. The summed E-state index contributed by atoms with van der Waals surface area (Å²) in [5.74, 6) is 0. The van der Waals surface area contributed by atoms with E-state index in [0.29, 0.717) is 0 Å². The van der Waals surface area contributed by atoms with Crippen molar-refractivity contribution in [2.75, 3.05) is 0 Å². The van der Waals surface area contributed by atoms with Crippen molar-refractivity contribution in [1.29, 1.82) is 0 Å². The molecule has 0 aromatic rings. The topological polar surface area (TPSA) is 117 Å². The Balaban J connectivity index is -0.000000148. The number of rotatable bonds is 27. The van der Waals surface area contributed by atoms with E-state index in [9.17, 15) is 0 Å². The van der Waals surface area contributed by atoms with Crippen LogP contribution in [0.15, 0.2) is 0 Å². The molecule has 0 radical (unpaired) electrons. The van der Waals surface area contributed by atoms with Gasteiger partial charge in [-0.3, -0.25) is 0 Å². The van der Waals surface area contributed by atoms with E-state index in [2.05, 4.69) is 125 Å². The molecule has 0 amide bonds. The van der Waals surface area contributed by atoms with Crippen LogP contribution in [0.3, 0.4) is 0 Å². The van der Waals surface area contributed by atoms with Gasteiger partial charge in [-0.25, -0.2) is 0 Å². The van der Waals surface area contributed by atoms with E-state index in [4.69, 9.17) is 50.3 Å². The van der Waals surface area contributed by atoms with Gasteiger partial charge < -0.3 is 50.3 Å². The molecule has 326 valence electrons. The van der Waals surface area contributed by atoms with Gasteiger partial charge in [0.25, 0.3) is 0 Å². The van der Waals surface area contributed by atoms with Gasteiger partial charge in [0.15, 0.2) is 0 Å². The zero-order chi connectivity index (χ0) is 41.7. The van der Waals surface area contributed by atoms with Crippen LogP contribution >= 0.6 is 25.8 Å². The van der Waals surface area contributed by atoms with Crippen LogP contribution < -0.4 is 0 Å². The molecular formula is C38H85O11P3Ru. The first-order valence-corrected chi connectivity index (χ1v) is 22.9. The van der Waals surface area contributed by atoms with Gasteiger partial charge in [-0.05, 0) is 120 Å². The van der Waals surface area contributed by atoms with Crippen molar-refractivity contribution in [3.05, 3.63) is 0 Å². The third-order valence-electron chi connectivity index (χ3n) is 7.57. The summed E-state index contributed by atoms with van der Waals surface area (Å²) in [4.78, 5) is 16.0.